The van der Waals surface area contributed by atoms with Crippen LogP contribution in [0.3, 0.4) is 0 Å². The highest BCUT2D eigenvalue weighted by Gasteiger charge is 2.39. The normalized spacial score (nSPS) is 25.5. The molecule has 0 bridgehead atoms. The second-order valence-electron chi connectivity index (χ2n) is 10.2. The number of aliphatic hydroxyl groups excluding tert-OH is 1. The zero-order valence-corrected chi connectivity index (χ0v) is 19.3. The van der Waals surface area contributed by atoms with Gasteiger partial charge in [-0.25, -0.2) is 0 Å². The lowest BCUT2D eigenvalue weighted by atomic mass is 9.78. The van der Waals surface area contributed by atoms with Gasteiger partial charge in [-0.05, 0) is 81.1 Å². The Labute approximate surface area is 194 Å². The van der Waals surface area contributed by atoms with E-state index in [0.717, 1.165) is 70.5 Å². The number of carbonyl (C=O) groups excluding carboxylic acids is 1. The third-order valence-electron chi connectivity index (χ3n) is 7.94. The molecule has 4 nitrogen and oxygen atoms in total. The predicted octanol–water partition coefficient (Wildman–Crippen LogP) is 5.27. The van der Waals surface area contributed by atoms with Gasteiger partial charge in [0.1, 0.15) is 11.5 Å². The van der Waals surface area contributed by atoms with Gasteiger partial charge < -0.3 is 14.7 Å². The molecule has 1 saturated carbocycles. The minimum atomic E-state index is -4.71. The number of carbonyl (C=O) groups is 1. The molecular weight excluding hydrogens is 431 g/mol. The van der Waals surface area contributed by atoms with Crippen LogP contribution in [0.15, 0.2) is 18.2 Å². The summed E-state index contributed by atoms with van der Waals surface area (Å²) in [4.78, 5) is 14.5. The molecule has 1 saturated heterocycles. The molecule has 1 aromatic rings. The Bertz CT molecular complexity index is 796. The maximum Gasteiger partial charge on any atom is 0.414 e. The van der Waals surface area contributed by atoms with Crippen molar-refractivity contribution < 1.29 is 27.8 Å². The van der Waals surface area contributed by atoms with E-state index >= 15 is 0 Å². The van der Waals surface area contributed by atoms with Crippen LogP contribution >= 0.6 is 0 Å². The smallest absolute Gasteiger partial charge is 0.414 e. The second-order valence-corrected chi connectivity index (χ2v) is 10.2. The van der Waals surface area contributed by atoms with Gasteiger partial charge in [-0.1, -0.05) is 25.0 Å². The summed E-state index contributed by atoms with van der Waals surface area (Å²) < 4.78 is 43.0. The number of aliphatic hydroxyl groups is 1. The third-order valence-corrected chi connectivity index (χ3v) is 7.94. The Hall–Kier alpha value is -1.60. The molecule has 7 heteroatoms. The molecule has 1 N–H and O–H groups in total. The Morgan fingerprint density at radius 2 is 1.79 bits per heavy atom. The number of piperidine rings is 1. The number of benzene rings is 1. The van der Waals surface area contributed by atoms with Crippen molar-refractivity contribution in [1.82, 2.24) is 4.90 Å². The quantitative estimate of drug-likeness (QED) is 0.566. The predicted molar refractivity (Wildman–Crippen MR) is 120 cm³/mol. The van der Waals surface area contributed by atoms with Gasteiger partial charge in [0.05, 0.1) is 6.61 Å². The van der Waals surface area contributed by atoms with Crippen molar-refractivity contribution in [3.63, 3.8) is 0 Å². The molecular formula is C26H36F3NO3. The minimum absolute atomic E-state index is 0.168. The molecule has 2 fully saturated rings. The summed E-state index contributed by atoms with van der Waals surface area (Å²) in [6.45, 7) is 4.16. The maximum atomic E-state index is 12.4. The average Bonchev–Trinajstić information content (AvgIpc) is 3.27. The van der Waals surface area contributed by atoms with Crippen LogP contribution in [0.4, 0.5) is 13.2 Å². The van der Waals surface area contributed by atoms with E-state index in [-0.39, 0.29) is 12.3 Å². The molecule has 1 aromatic carbocycles. The molecule has 2 heterocycles. The minimum Gasteiger partial charge on any atom is -0.493 e. The summed E-state index contributed by atoms with van der Waals surface area (Å²) in [6, 6.07) is 6.48. The fourth-order valence-corrected chi connectivity index (χ4v) is 5.92. The Morgan fingerprint density at radius 3 is 2.48 bits per heavy atom. The molecule has 0 amide bonds. The molecule has 0 unspecified atom stereocenters. The van der Waals surface area contributed by atoms with Gasteiger partial charge in [-0.2, -0.15) is 13.2 Å². The van der Waals surface area contributed by atoms with Crippen LogP contribution in [0.1, 0.15) is 74.8 Å². The van der Waals surface area contributed by atoms with Crippen LogP contribution in [-0.4, -0.2) is 54.3 Å². The second kappa shape index (κ2) is 10.8. The first-order valence-corrected chi connectivity index (χ1v) is 12.5. The summed E-state index contributed by atoms with van der Waals surface area (Å²) in [5.74, 6) is 2.04. The van der Waals surface area contributed by atoms with Crippen molar-refractivity contribution >= 4 is 5.78 Å². The highest BCUT2D eigenvalue weighted by atomic mass is 19.4. The van der Waals surface area contributed by atoms with Gasteiger partial charge >= 0.3 is 6.18 Å². The van der Waals surface area contributed by atoms with Crippen molar-refractivity contribution in [3.8, 4) is 5.75 Å². The fraction of sp³-hybridized carbons (Fsp3) is 0.731. The van der Waals surface area contributed by atoms with Gasteiger partial charge in [-0.3, -0.25) is 4.79 Å². The van der Waals surface area contributed by atoms with Gasteiger partial charge in [0, 0.05) is 24.8 Å². The van der Waals surface area contributed by atoms with E-state index < -0.39 is 24.5 Å². The SMILES string of the molecule is O=C(CC1CCC(CCN2CCC(c3cccc4c3CCO4)CC2)CC1)C[C@@H](O)C(F)(F)F. The van der Waals surface area contributed by atoms with Crippen molar-refractivity contribution in [2.45, 2.75) is 82.4 Å². The number of likely N-dealkylation sites (tertiary alicyclic amines) is 1. The number of ether oxygens (including phenoxy) is 1. The van der Waals surface area contributed by atoms with E-state index in [1.54, 1.807) is 0 Å². The van der Waals surface area contributed by atoms with E-state index in [2.05, 4.69) is 23.1 Å². The Kier molecular flexibility index (Phi) is 8.00. The molecule has 4 rings (SSSR count). The number of ketones is 1. The van der Waals surface area contributed by atoms with Crippen LogP contribution in [0.25, 0.3) is 0 Å². The molecule has 2 aliphatic heterocycles. The average molecular weight is 468 g/mol. The molecule has 0 spiro atoms. The van der Waals surface area contributed by atoms with Gasteiger partial charge in [-0.15, -0.1) is 0 Å². The summed E-state index contributed by atoms with van der Waals surface area (Å²) in [5, 5.41) is 9.09. The Balaban J connectivity index is 1.13. The summed E-state index contributed by atoms with van der Waals surface area (Å²) in [5.41, 5.74) is 2.90. The zero-order valence-electron chi connectivity index (χ0n) is 19.3. The van der Waals surface area contributed by atoms with E-state index in [1.807, 2.05) is 0 Å². The number of Topliss-reactive ketones (excluding diaryl/α,β-unsaturated/α-hetero) is 1. The van der Waals surface area contributed by atoms with Crippen molar-refractivity contribution in [3.05, 3.63) is 29.3 Å². The number of hydrogen-bond donors (Lipinski definition) is 1. The highest BCUT2D eigenvalue weighted by molar-refractivity contribution is 5.79. The van der Waals surface area contributed by atoms with E-state index in [9.17, 15) is 18.0 Å². The molecule has 1 aliphatic carbocycles. The zero-order chi connectivity index (χ0) is 23.4. The van der Waals surface area contributed by atoms with E-state index in [4.69, 9.17) is 9.84 Å². The maximum absolute atomic E-state index is 12.4. The standard InChI is InChI=1S/C26H36F3NO3/c27-26(28,29)25(32)17-21(31)16-19-6-4-18(5-7-19)8-12-30-13-9-20(10-14-30)22-2-1-3-24-23(22)11-15-33-24/h1-3,18-20,25,32H,4-17H2/t18?,19?,25-/m1/s1. The highest BCUT2D eigenvalue weighted by Crippen LogP contribution is 2.38. The van der Waals surface area contributed by atoms with Crippen molar-refractivity contribution in [1.29, 1.82) is 0 Å². The van der Waals surface area contributed by atoms with Gasteiger partial charge in [0.2, 0.25) is 0 Å². The number of rotatable bonds is 8. The first-order chi connectivity index (χ1) is 15.8. The summed E-state index contributed by atoms with van der Waals surface area (Å²) in [6.07, 6.45) is 0.598. The lowest BCUT2D eigenvalue weighted by molar-refractivity contribution is -0.205. The number of fused-ring (bicyclic) bond motifs is 1. The van der Waals surface area contributed by atoms with E-state index in [0.29, 0.717) is 11.8 Å². The van der Waals surface area contributed by atoms with Crippen molar-refractivity contribution in [2.75, 3.05) is 26.2 Å². The van der Waals surface area contributed by atoms with Crippen LogP contribution in [0.5, 0.6) is 5.75 Å². The van der Waals surface area contributed by atoms with E-state index in [1.165, 1.54) is 24.0 Å². The van der Waals surface area contributed by atoms with Crippen molar-refractivity contribution in [2.24, 2.45) is 11.8 Å². The first-order valence-electron chi connectivity index (χ1n) is 12.5. The van der Waals surface area contributed by atoms with Gasteiger partial charge in [0.15, 0.2) is 6.10 Å². The summed E-state index contributed by atoms with van der Waals surface area (Å²) in [7, 11) is 0. The van der Waals surface area contributed by atoms with Crippen LogP contribution in [0, 0.1) is 11.8 Å². The number of hydrogen-bond acceptors (Lipinski definition) is 4. The largest absolute Gasteiger partial charge is 0.493 e. The van der Waals surface area contributed by atoms with Crippen LogP contribution in [0.2, 0.25) is 0 Å². The number of nitrogens with zero attached hydrogens (tertiary/aromatic N) is 1. The fourth-order valence-electron chi connectivity index (χ4n) is 5.92. The van der Waals surface area contributed by atoms with Gasteiger partial charge in [0.25, 0.3) is 0 Å². The molecule has 1 atom stereocenters. The number of halogens is 3. The molecule has 3 aliphatic rings. The van der Waals surface area contributed by atoms with Crippen LogP contribution in [-0.2, 0) is 11.2 Å². The Morgan fingerprint density at radius 1 is 1.09 bits per heavy atom. The topological polar surface area (TPSA) is 49.8 Å². The molecule has 0 radical (unpaired) electrons. The molecule has 33 heavy (non-hydrogen) atoms. The lowest BCUT2D eigenvalue weighted by Gasteiger charge is -2.35. The molecule has 0 aromatic heterocycles. The third kappa shape index (κ3) is 6.50. The first kappa shape index (κ1) is 24.5. The summed E-state index contributed by atoms with van der Waals surface area (Å²) >= 11 is 0. The monoisotopic (exact) mass is 467 g/mol. The number of alkyl halides is 3. The molecule has 184 valence electrons. The lowest BCUT2D eigenvalue weighted by Crippen LogP contribution is -2.35. The van der Waals surface area contributed by atoms with Crippen LogP contribution < -0.4 is 4.74 Å².